The van der Waals surface area contributed by atoms with Gasteiger partial charge in [-0.05, 0) is 31.4 Å². The Labute approximate surface area is 116 Å². The molecule has 0 saturated heterocycles. The van der Waals surface area contributed by atoms with Crippen LogP contribution in [-0.4, -0.2) is 28.0 Å². The number of hydrogen-bond donors (Lipinski definition) is 2. The van der Waals surface area contributed by atoms with E-state index in [4.69, 9.17) is 16.7 Å². The molecule has 1 heterocycles. The first-order chi connectivity index (χ1) is 9.06. The third kappa shape index (κ3) is 3.67. The molecule has 5 nitrogen and oxygen atoms in total. The molecule has 2 rings (SSSR count). The lowest BCUT2D eigenvalue weighted by Crippen LogP contribution is -2.40. The number of nitrogens with zero attached hydrogens (tertiary/aromatic N) is 1. The molecule has 1 fully saturated rings. The number of aromatic nitrogens is 1. The Bertz CT molecular complexity index is 493. The molecule has 19 heavy (non-hydrogen) atoms. The van der Waals surface area contributed by atoms with Crippen LogP contribution in [0.5, 0.6) is 0 Å². The summed E-state index contributed by atoms with van der Waals surface area (Å²) in [6.07, 6.45) is 2.76. The molecule has 6 heteroatoms. The van der Waals surface area contributed by atoms with Crippen molar-refractivity contribution in [2.45, 2.75) is 31.7 Å². The van der Waals surface area contributed by atoms with Gasteiger partial charge < -0.3 is 10.4 Å². The molecule has 1 aromatic rings. The molecule has 0 spiro atoms. The largest absolute Gasteiger partial charge is 0.481 e. The lowest BCUT2D eigenvalue weighted by atomic mass is 9.86. The highest BCUT2D eigenvalue weighted by atomic mass is 35.5. The van der Waals surface area contributed by atoms with Crippen molar-refractivity contribution in [3.05, 3.63) is 29.0 Å². The smallest absolute Gasteiger partial charge is 0.306 e. The van der Waals surface area contributed by atoms with Crippen LogP contribution in [0.4, 0.5) is 0 Å². The van der Waals surface area contributed by atoms with Crippen LogP contribution in [0.15, 0.2) is 18.2 Å². The maximum Gasteiger partial charge on any atom is 0.306 e. The second-order valence-corrected chi connectivity index (χ2v) is 5.10. The second kappa shape index (κ2) is 6.02. The van der Waals surface area contributed by atoms with Gasteiger partial charge in [-0.15, -0.1) is 0 Å². The molecule has 1 aromatic heterocycles. The van der Waals surface area contributed by atoms with E-state index >= 15 is 0 Å². The minimum absolute atomic E-state index is 0.108. The highest BCUT2D eigenvalue weighted by molar-refractivity contribution is 6.29. The quantitative estimate of drug-likeness (QED) is 0.832. The average Bonchev–Trinajstić information content (AvgIpc) is 2.39. The van der Waals surface area contributed by atoms with E-state index < -0.39 is 5.97 Å². The molecule has 2 atom stereocenters. The fourth-order valence-electron chi connectivity index (χ4n) is 2.34. The number of nitrogens with one attached hydrogen (secondary N) is 1. The van der Waals surface area contributed by atoms with Gasteiger partial charge in [0.2, 0.25) is 0 Å². The molecule has 0 radical (unpaired) electrons. The highest BCUT2D eigenvalue weighted by Crippen LogP contribution is 2.24. The fourth-order valence-corrected chi connectivity index (χ4v) is 2.50. The Kier molecular flexibility index (Phi) is 4.37. The number of halogens is 1. The number of rotatable bonds is 3. The molecule has 0 aromatic carbocycles. The summed E-state index contributed by atoms with van der Waals surface area (Å²) in [5.74, 6) is -1.47. The number of carbonyl (C=O) groups is 2. The Balaban J connectivity index is 1.97. The van der Waals surface area contributed by atoms with Crippen LogP contribution in [0, 0.1) is 5.92 Å². The summed E-state index contributed by atoms with van der Waals surface area (Å²) in [5.41, 5.74) is 0.255. The lowest BCUT2D eigenvalue weighted by Gasteiger charge is -2.27. The van der Waals surface area contributed by atoms with Gasteiger partial charge in [0, 0.05) is 6.04 Å². The zero-order valence-corrected chi connectivity index (χ0v) is 11.1. The molecule has 1 amide bonds. The van der Waals surface area contributed by atoms with Crippen LogP contribution < -0.4 is 5.32 Å². The van der Waals surface area contributed by atoms with Gasteiger partial charge in [-0.3, -0.25) is 9.59 Å². The van der Waals surface area contributed by atoms with Gasteiger partial charge in [-0.1, -0.05) is 24.1 Å². The SMILES string of the molecule is O=C(NC1CCCC(C(=O)O)C1)c1cccc(Cl)n1. The Hall–Kier alpha value is -1.62. The molecular weight excluding hydrogens is 268 g/mol. The molecule has 0 aliphatic heterocycles. The summed E-state index contributed by atoms with van der Waals surface area (Å²) in [5, 5.41) is 12.1. The van der Waals surface area contributed by atoms with Gasteiger partial charge in [0.1, 0.15) is 10.8 Å². The summed E-state index contributed by atoms with van der Waals surface area (Å²) in [6.45, 7) is 0. The number of carboxylic acids is 1. The van der Waals surface area contributed by atoms with Crippen molar-refractivity contribution < 1.29 is 14.7 Å². The van der Waals surface area contributed by atoms with Crippen molar-refractivity contribution in [1.29, 1.82) is 0 Å². The minimum atomic E-state index is -0.792. The van der Waals surface area contributed by atoms with Crippen LogP contribution in [0.1, 0.15) is 36.2 Å². The monoisotopic (exact) mass is 282 g/mol. The third-order valence-electron chi connectivity index (χ3n) is 3.31. The highest BCUT2D eigenvalue weighted by Gasteiger charge is 2.28. The van der Waals surface area contributed by atoms with E-state index in [1.807, 2.05) is 0 Å². The Morgan fingerprint density at radius 1 is 1.37 bits per heavy atom. The molecule has 102 valence electrons. The first-order valence-electron chi connectivity index (χ1n) is 6.22. The normalized spacial score (nSPS) is 22.8. The summed E-state index contributed by atoms with van der Waals surface area (Å²) in [7, 11) is 0. The topological polar surface area (TPSA) is 79.3 Å². The van der Waals surface area contributed by atoms with E-state index in [-0.39, 0.29) is 28.7 Å². The summed E-state index contributed by atoms with van der Waals surface area (Å²) < 4.78 is 0. The predicted molar refractivity (Wildman–Crippen MR) is 70.1 cm³/mol. The van der Waals surface area contributed by atoms with Crippen molar-refractivity contribution in [2.75, 3.05) is 0 Å². The van der Waals surface area contributed by atoms with Crippen LogP contribution >= 0.6 is 11.6 Å². The van der Waals surface area contributed by atoms with Crippen LogP contribution in [0.25, 0.3) is 0 Å². The number of carboxylic acid groups (broad SMARTS) is 1. The van der Waals surface area contributed by atoms with Crippen molar-refractivity contribution >= 4 is 23.5 Å². The van der Waals surface area contributed by atoms with Crippen LogP contribution in [0.3, 0.4) is 0 Å². The number of pyridine rings is 1. The predicted octanol–water partition coefficient (Wildman–Crippen LogP) is 2.11. The molecule has 0 bridgehead atoms. The number of aliphatic carboxylic acids is 1. The van der Waals surface area contributed by atoms with Gasteiger partial charge >= 0.3 is 5.97 Å². The van der Waals surface area contributed by atoms with E-state index in [1.54, 1.807) is 18.2 Å². The zero-order valence-electron chi connectivity index (χ0n) is 10.3. The van der Waals surface area contributed by atoms with E-state index in [0.29, 0.717) is 12.8 Å². The van der Waals surface area contributed by atoms with Crippen LogP contribution in [-0.2, 0) is 4.79 Å². The minimum Gasteiger partial charge on any atom is -0.481 e. The standard InChI is InChI=1S/C13H15ClN2O3/c14-11-6-2-5-10(16-11)12(17)15-9-4-1-3-8(7-9)13(18)19/h2,5-6,8-9H,1,3-4,7H2,(H,15,17)(H,18,19). The summed E-state index contributed by atoms with van der Waals surface area (Å²) in [6, 6.07) is 4.73. The first kappa shape index (κ1) is 13.8. The molecule has 1 aliphatic carbocycles. The number of amides is 1. The lowest BCUT2D eigenvalue weighted by molar-refractivity contribution is -0.143. The first-order valence-corrected chi connectivity index (χ1v) is 6.60. The summed E-state index contributed by atoms with van der Waals surface area (Å²) >= 11 is 5.73. The van der Waals surface area contributed by atoms with Crippen molar-refractivity contribution in [3.8, 4) is 0 Å². The van der Waals surface area contributed by atoms with Gasteiger partial charge in [0.15, 0.2) is 0 Å². The molecular formula is C13H15ClN2O3. The van der Waals surface area contributed by atoms with Gasteiger partial charge in [0.25, 0.3) is 5.91 Å². The second-order valence-electron chi connectivity index (χ2n) is 4.72. The molecule has 2 unspecified atom stereocenters. The van der Waals surface area contributed by atoms with Crippen molar-refractivity contribution in [2.24, 2.45) is 5.92 Å². The third-order valence-corrected chi connectivity index (χ3v) is 3.52. The summed E-state index contributed by atoms with van der Waals surface area (Å²) in [4.78, 5) is 26.8. The van der Waals surface area contributed by atoms with Gasteiger partial charge in [-0.2, -0.15) is 0 Å². The maximum atomic E-state index is 12.0. The van der Waals surface area contributed by atoms with Gasteiger partial charge in [-0.25, -0.2) is 4.98 Å². The average molecular weight is 283 g/mol. The van der Waals surface area contributed by atoms with Gasteiger partial charge in [0.05, 0.1) is 5.92 Å². The number of carbonyl (C=O) groups excluding carboxylic acids is 1. The number of hydrogen-bond acceptors (Lipinski definition) is 3. The molecule has 1 aliphatic rings. The van der Waals surface area contributed by atoms with E-state index in [0.717, 1.165) is 12.8 Å². The molecule has 1 saturated carbocycles. The van der Waals surface area contributed by atoms with Crippen molar-refractivity contribution in [3.63, 3.8) is 0 Å². The maximum absolute atomic E-state index is 12.0. The fraction of sp³-hybridized carbons (Fsp3) is 0.462. The zero-order chi connectivity index (χ0) is 13.8. The Morgan fingerprint density at radius 2 is 2.16 bits per heavy atom. The Morgan fingerprint density at radius 3 is 2.84 bits per heavy atom. The van der Waals surface area contributed by atoms with Crippen molar-refractivity contribution in [1.82, 2.24) is 10.3 Å². The van der Waals surface area contributed by atoms with E-state index in [2.05, 4.69) is 10.3 Å². The molecule has 2 N–H and O–H groups in total. The van der Waals surface area contributed by atoms with Crippen LogP contribution in [0.2, 0.25) is 5.15 Å². The van der Waals surface area contributed by atoms with E-state index in [9.17, 15) is 9.59 Å². The van der Waals surface area contributed by atoms with E-state index in [1.165, 1.54) is 0 Å².